The summed E-state index contributed by atoms with van der Waals surface area (Å²) < 4.78 is 14.0. The number of hydrogen-bond donors (Lipinski definition) is 2. The second kappa shape index (κ2) is 5.50. The molecule has 2 saturated heterocycles. The van der Waals surface area contributed by atoms with E-state index in [0.29, 0.717) is 24.1 Å². The molecule has 108 valence electrons. The number of benzene rings is 1. The number of halogens is 1. The molecular weight excluding hydrogens is 257 g/mol. The van der Waals surface area contributed by atoms with Crippen molar-refractivity contribution in [3.63, 3.8) is 0 Å². The number of rotatable bonds is 3. The van der Waals surface area contributed by atoms with Crippen molar-refractivity contribution >= 4 is 5.91 Å². The van der Waals surface area contributed by atoms with Crippen LogP contribution in [0.1, 0.15) is 28.8 Å². The van der Waals surface area contributed by atoms with Gasteiger partial charge in [0.1, 0.15) is 5.82 Å². The van der Waals surface area contributed by atoms with Crippen LogP contribution in [0.4, 0.5) is 4.39 Å². The SMILES string of the molecule is NC(=O)c1ccc(CN2CC3CCCNC3C2)c(F)c1. The fraction of sp³-hybridized carbons (Fsp3) is 0.533. The topological polar surface area (TPSA) is 58.4 Å². The molecule has 2 atom stereocenters. The monoisotopic (exact) mass is 277 g/mol. The number of nitrogens with two attached hydrogens (primary N) is 1. The third-order valence-corrected chi connectivity index (χ3v) is 4.41. The average Bonchev–Trinajstić information content (AvgIpc) is 2.83. The first-order valence-corrected chi connectivity index (χ1v) is 7.17. The van der Waals surface area contributed by atoms with E-state index in [0.717, 1.165) is 19.6 Å². The summed E-state index contributed by atoms with van der Waals surface area (Å²) in [6.45, 7) is 3.69. The minimum atomic E-state index is -0.591. The van der Waals surface area contributed by atoms with Gasteiger partial charge >= 0.3 is 0 Å². The van der Waals surface area contributed by atoms with Gasteiger partial charge in [-0.3, -0.25) is 9.69 Å². The van der Waals surface area contributed by atoms with Gasteiger partial charge in [-0.2, -0.15) is 0 Å². The third-order valence-electron chi connectivity index (χ3n) is 4.41. The second-order valence-electron chi connectivity index (χ2n) is 5.83. The number of nitrogens with zero attached hydrogens (tertiary/aromatic N) is 1. The summed E-state index contributed by atoms with van der Waals surface area (Å²) in [4.78, 5) is 13.3. The lowest BCUT2D eigenvalue weighted by molar-refractivity contribution is 0.1000. The highest BCUT2D eigenvalue weighted by Crippen LogP contribution is 2.26. The van der Waals surface area contributed by atoms with Gasteiger partial charge in [-0.15, -0.1) is 0 Å². The molecule has 20 heavy (non-hydrogen) atoms. The summed E-state index contributed by atoms with van der Waals surface area (Å²) in [5.41, 5.74) is 6.01. The number of nitrogens with one attached hydrogen (secondary N) is 1. The van der Waals surface area contributed by atoms with Crippen molar-refractivity contribution in [3.8, 4) is 0 Å². The molecule has 4 nitrogen and oxygen atoms in total. The number of likely N-dealkylation sites (tertiary alicyclic amines) is 1. The largest absolute Gasteiger partial charge is 0.366 e. The zero-order valence-corrected chi connectivity index (χ0v) is 11.4. The summed E-state index contributed by atoms with van der Waals surface area (Å²) in [7, 11) is 0. The van der Waals surface area contributed by atoms with Gasteiger partial charge in [0.05, 0.1) is 0 Å². The fourth-order valence-corrected chi connectivity index (χ4v) is 3.33. The minimum absolute atomic E-state index is 0.225. The Morgan fingerprint density at radius 1 is 1.45 bits per heavy atom. The van der Waals surface area contributed by atoms with Crippen LogP contribution in [-0.4, -0.2) is 36.5 Å². The Morgan fingerprint density at radius 2 is 2.30 bits per heavy atom. The maximum atomic E-state index is 14.0. The molecule has 0 spiro atoms. The number of carbonyl (C=O) groups is 1. The van der Waals surface area contributed by atoms with E-state index in [9.17, 15) is 9.18 Å². The number of amides is 1. The first-order valence-electron chi connectivity index (χ1n) is 7.17. The van der Waals surface area contributed by atoms with Crippen LogP contribution in [0.5, 0.6) is 0 Å². The predicted molar refractivity (Wildman–Crippen MR) is 74.7 cm³/mol. The Morgan fingerprint density at radius 3 is 3.00 bits per heavy atom. The molecule has 3 rings (SSSR count). The summed E-state index contributed by atoms with van der Waals surface area (Å²) in [6, 6.07) is 5.06. The Balaban J connectivity index is 1.68. The fourth-order valence-electron chi connectivity index (χ4n) is 3.33. The van der Waals surface area contributed by atoms with E-state index in [-0.39, 0.29) is 11.4 Å². The molecule has 0 saturated carbocycles. The van der Waals surface area contributed by atoms with Gasteiger partial charge < -0.3 is 11.1 Å². The van der Waals surface area contributed by atoms with Crippen LogP contribution in [-0.2, 0) is 6.54 Å². The van der Waals surface area contributed by atoms with Crippen molar-refractivity contribution in [2.24, 2.45) is 11.7 Å². The number of primary amides is 1. The Labute approximate surface area is 118 Å². The minimum Gasteiger partial charge on any atom is -0.366 e. The number of fused-ring (bicyclic) bond motifs is 1. The zero-order valence-electron chi connectivity index (χ0n) is 11.4. The van der Waals surface area contributed by atoms with Crippen molar-refractivity contribution in [3.05, 3.63) is 35.1 Å². The molecule has 2 fully saturated rings. The quantitative estimate of drug-likeness (QED) is 0.870. The molecule has 1 aromatic rings. The lowest BCUT2D eigenvalue weighted by Gasteiger charge is -2.24. The van der Waals surface area contributed by atoms with Gasteiger partial charge in [0.15, 0.2) is 0 Å². The number of piperidine rings is 1. The molecule has 5 heteroatoms. The van der Waals surface area contributed by atoms with Crippen LogP contribution >= 0.6 is 0 Å². The molecule has 0 bridgehead atoms. The van der Waals surface area contributed by atoms with Crippen LogP contribution in [0.2, 0.25) is 0 Å². The highest BCUT2D eigenvalue weighted by atomic mass is 19.1. The van der Waals surface area contributed by atoms with Gasteiger partial charge in [0, 0.05) is 36.8 Å². The van der Waals surface area contributed by atoms with E-state index in [1.54, 1.807) is 12.1 Å². The Bertz CT molecular complexity index is 506. The van der Waals surface area contributed by atoms with Crippen molar-refractivity contribution in [2.75, 3.05) is 19.6 Å². The van der Waals surface area contributed by atoms with Gasteiger partial charge in [-0.1, -0.05) is 6.07 Å². The third kappa shape index (κ3) is 2.69. The van der Waals surface area contributed by atoms with Crippen molar-refractivity contribution in [1.29, 1.82) is 0 Å². The van der Waals surface area contributed by atoms with Crippen LogP contribution in [0.25, 0.3) is 0 Å². The highest BCUT2D eigenvalue weighted by molar-refractivity contribution is 5.92. The van der Waals surface area contributed by atoms with Crippen LogP contribution in [0.3, 0.4) is 0 Å². The van der Waals surface area contributed by atoms with Gasteiger partial charge in [-0.25, -0.2) is 4.39 Å². The van der Waals surface area contributed by atoms with E-state index < -0.39 is 5.91 Å². The molecule has 0 radical (unpaired) electrons. The summed E-state index contributed by atoms with van der Waals surface area (Å²) in [5, 5.41) is 3.54. The van der Waals surface area contributed by atoms with Gasteiger partial charge in [0.2, 0.25) is 5.91 Å². The van der Waals surface area contributed by atoms with Crippen molar-refractivity contribution in [2.45, 2.75) is 25.4 Å². The second-order valence-corrected chi connectivity index (χ2v) is 5.83. The molecule has 2 aliphatic heterocycles. The van der Waals surface area contributed by atoms with Crippen LogP contribution in [0.15, 0.2) is 18.2 Å². The first-order chi connectivity index (χ1) is 9.63. The lowest BCUT2D eigenvalue weighted by Crippen LogP contribution is -2.40. The molecule has 1 aromatic carbocycles. The van der Waals surface area contributed by atoms with E-state index >= 15 is 0 Å². The summed E-state index contributed by atoms with van der Waals surface area (Å²) in [5.74, 6) is -0.243. The Hall–Kier alpha value is -1.46. The molecule has 2 heterocycles. The van der Waals surface area contributed by atoms with Crippen molar-refractivity contribution < 1.29 is 9.18 Å². The zero-order chi connectivity index (χ0) is 14.1. The Kier molecular flexibility index (Phi) is 3.72. The molecular formula is C15H20FN3O. The van der Waals surface area contributed by atoms with Crippen molar-refractivity contribution in [1.82, 2.24) is 10.2 Å². The van der Waals surface area contributed by atoms with E-state index in [1.165, 1.54) is 18.9 Å². The first kappa shape index (κ1) is 13.5. The normalized spacial score (nSPS) is 26.4. The van der Waals surface area contributed by atoms with E-state index in [1.807, 2.05) is 0 Å². The van der Waals surface area contributed by atoms with E-state index in [2.05, 4.69) is 10.2 Å². The molecule has 2 aliphatic rings. The standard InChI is InChI=1S/C15H20FN3O/c16-13-6-10(15(17)20)3-4-11(13)7-19-8-12-2-1-5-18-14(12)9-19/h3-4,6,12,14,18H,1-2,5,7-9H2,(H2,17,20). The average molecular weight is 277 g/mol. The highest BCUT2D eigenvalue weighted by Gasteiger charge is 2.34. The lowest BCUT2D eigenvalue weighted by atomic mass is 9.94. The van der Waals surface area contributed by atoms with Gasteiger partial charge in [0.25, 0.3) is 0 Å². The van der Waals surface area contributed by atoms with Crippen LogP contribution < -0.4 is 11.1 Å². The molecule has 2 unspecified atom stereocenters. The maximum absolute atomic E-state index is 14.0. The van der Waals surface area contributed by atoms with Gasteiger partial charge in [-0.05, 0) is 37.4 Å². The molecule has 3 N–H and O–H groups in total. The smallest absolute Gasteiger partial charge is 0.248 e. The van der Waals surface area contributed by atoms with E-state index in [4.69, 9.17) is 5.73 Å². The predicted octanol–water partition coefficient (Wildman–Crippen LogP) is 1.11. The molecule has 0 aliphatic carbocycles. The summed E-state index contributed by atoms with van der Waals surface area (Å²) >= 11 is 0. The maximum Gasteiger partial charge on any atom is 0.248 e. The van der Waals surface area contributed by atoms with Crippen LogP contribution in [0, 0.1) is 11.7 Å². The molecule has 0 aromatic heterocycles. The number of carbonyl (C=O) groups excluding carboxylic acids is 1. The number of hydrogen-bond acceptors (Lipinski definition) is 3. The molecule has 1 amide bonds. The summed E-state index contributed by atoms with van der Waals surface area (Å²) in [6.07, 6.45) is 2.49.